The molecule has 0 spiro atoms. The van der Waals surface area contributed by atoms with Gasteiger partial charge in [-0.05, 0) is 30.8 Å². The molecule has 0 aliphatic heterocycles. The lowest BCUT2D eigenvalue weighted by Crippen LogP contribution is -2.51. The molecule has 1 amide bonds. The van der Waals surface area contributed by atoms with Crippen molar-refractivity contribution in [3.8, 4) is 5.75 Å². The van der Waals surface area contributed by atoms with E-state index in [2.05, 4.69) is 10.3 Å². The van der Waals surface area contributed by atoms with Gasteiger partial charge >= 0.3 is 6.18 Å². The molecule has 7 nitrogen and oxygen atoms in total. The van der Waals surface area contributed by atoms with E-state index in [1.54, 1.807) is 0 Å². The second-order valence-corrected chi connectivity index (χ2v) is 8.25. The van der Waals surface area contributed by atoms with Crippen LogP contribution in [0.1, 0.15) is 28.0 Å². The van der Waals surface area contributed by atoms with Crippen molar-refractivity contribution in [3.63, 3.8) is 0 Å². The molecule has 0 saturated heterocycles. The lowest BCUT2D eigenvalue weighted by atomic mass is 10.1. The van der Waals surface area contributed by atoms with Gasteiger partial charge in [0, 0.05) is 13.0 Å². The summed E-state index contributed by atoms with van der Waals surface area (Å²) >= 11 is 0. The Balaban J connectivity index is 1.55. The van der Waals surface area contributed by atoms with Crippen LogP contribution in [0.3, 0.4) is 0 Å². The monoisotopic (exact) mass is 475 g/mol. The van der Waals surface area contributed by atoms with Gasteiger partial charge in [0.1, 0.15) is 24.2 Å². The number of hydrogen-bond acceptors (Lipinski definition) is 6. The Morgan fingerprint density at radius 1 is 1.24 bits per heavy atom. The summed E-state index contributed by atoms with van der Waals surface area (Å²) in [6.07, 6.45) is -3.90. The third kappa shape index (κ3) is 5.40. The summed E-state index contributed by atoms with van der Waals surface area (Å²) in [5.74, 6) is -0.490. The average molecular weight is 475 g/mol. The summed E-state index contributed by atoms with van der Waals surface area (Å²) < 4.78 is 50.0. The maximum absolute atomic E-state index is 13.1. The van der Waals surface area contributed by atoms with E-state index < -0.39 is 41.9 Å². The van der Waals surface area contributed by atoms with Crippen molar-refractivity contribution in [2.75, 3.05) is 7.05 Å². The molecule has 0 unspecified atom stereocenters. The number of aromatic nitrogens is 1. The Bertz CT molecular complexity index is 1090. The molecule has 1 aromatic heterocycles. The van der Waals surface area contributed by atoms with Crippen molar-refractivity contribution >= 4 is 5.91 Å². The fourth-order valence-corrected chi connectivity index (χ4v) is 4.28. The van der Waals surface area contributed by atoms with Crippen LogP contribution in [0.15, 0.2) is 71.7 Å². The first kappa shape index (κ1) is 23.8. The number of nitrogens with one attached hydrogen (secondary N) is 1. The van der Waals surface area contributed by atoms with Gasteiger partial charge in [0.2, 0.25) is 0 Å². The first-order chi connectivity index (χ1) is 16.2. The minimum Gasteiger partial charge on any atom is -0.488 e. The van der Waals surface area contributed by atoms with Crippen molar-refractivity contribution in [2.45, 2.75) is 43.4 Å². The van der Waals surface area contributed by atoms with Crippen LogP contribution in [0, 0.1) is 0 Å². The highest BCUT2D eigenvalue weighted by Gasteiger charge is 2.47. The zero-order valence-corrected chi connectivity index (χ0v) is 18.3. The van der Waals surface area contributed by atoms with Gasteiger partial charge < -0.3 is 19.6 Å². The molecule has 0 bridgehead atoms. The van der Waals surface area contributed by atoms with E-state index in [0.29, 0.717) is 6.54 Å². The molecule has 1 saturated carbocycles. The molecule has 180 valence electrons. The van der Waals surface area contributed by atoms with Crippen molar-refractivity contribution in [2.24, 2.45) is 0 Å². The first-order valence-corrected chi connectivity index (χ1v) is 10.7. The molecule has 4 atom stereocenters. The molecule has 0 radical (unpaired) electrons. The van der Waals surface area contributed by atoms with Crippen molar-refractivity contribution in [1.29, 1.82) is 0 Å². The second kappa shape index (κ2) is 9.86. The quantitative estimate of drug-likeness (QED) is 0.544. The van der Waals surface area contributed by atoms with E-state index in [-0.39, 0.29) is 17.9 Å². The summed E-state index contributed by atoms with van der Waals surface area (Å²) in [5.41, 5.74) is 0.244. The molecule has 2 aromatic carbocycles. The third-order valence-corrected chi connectivity index (χ3v) is 5.84. The SMILES string of the molecule is CN(Cc1ccccc1)[C@@H]1[C@@H](O)[C@H](Oc2cccc(C(F)(F)F)c2)C[C@H]1NC(=O)c1cocn1. The Hall–Kier alpha value is -3.37. The lowest BCUT2D eigenvalue weighted by Gasteiger charge is -2.32. The number of carbonyl (C=O) groups excluding carboxylic acids is 1. The molecular formula is C24H24F3N3O4. The maximum atomic E-state index is 13.1. The number of likely N-dealkylation sites (N-methyl/N-ethyl adjacent to an activating group) is 1. The molecule has 2 N–H and O–H groups in total. The molecule has 3 aromatic rings. The molecule has 34 heavy (non-hydrogen) atoms. The molecule has 1 fully saturated rings. The minimum absolute atomic E-state index is 0.00758. The molecule has 10 heteroatoms. The van der Waals surface area contributed by atoms with Crippen LogP contribution < -0.4 is 10.1 Å². The second-order valence-electron chi connectivity index (χ2n) is 8.25. The predicted molar refractivity (Wildman–Crippen MR) is 116 cm³/mol. The van der Waals surface area contributed by atoms with E-state index >= 15 is 0 Å². The van der Waals surface area contributed by atoms with Crippen LogP contribution in [0.2, 0.25) is 0 Å². The van der Waals surface area contributed by atoms with Gasteiger partial charge in [0.15, 0.2) is 12.1 Å². The van der Waals surface area contributed by atoms with Gasteiger partial charge in [-0.25, -0.2) is 4.98 Å². The number of aliphatic hydroxyl groups is 1. The van der Waals surface area contributed by atoms with Crippen LogP contribution >= 0.6 is 0 Å². The largest absolute Gasteiger partial charge is 0.488 e. The summed E-state index contributed by atoms with van der Waals surface area (Å²) in [6, 6.07) is 13.0. The van der Waals surface area contributed by atoms with Crippen LogP contribution in [0.5, 0.6) is 5.75 Å². The van der Waals surface area contributed by atoms with E-state index in [1.165, 1.54) is 18.4 Å². The Kier molecular flexibility index (Phi) is 6.90. The van der Waals surface area contributed by atoms with E-state index in [4.69, 9.17) is 9.15 Å². The molecule has 1 aliphatic carbocycles. The average Bonchev–Trinajstić information content (AvgIpc) is 3.43. The third-order valence-electron chi connectivity index (χ3n) is 5.84. The van der Waals surface area contributed by atoms with Crippen LogP contribution in [-0.2, 0) is 12.7 Å². The highest BCUT2D eigenvalue weighted by atomic mass is 19.4. The smallest absolute Gasteiger partial charge is 0.416 e. The van der Waals surface area contributed by atoms with E-state index in [0.717, 1.165) is 24.1 Å². The topological polar surface area (TPSA) is 87.8 Å². The number of amides is 1. The Morgan fingerprint density at radius 2 is 2.00 bits per heavy atom. The Labute approximate surface area is 194 Å². The zero-order valence-electron chi connectivity index (χ0n) is 18.3. The molecule has 1 heterocycles. The molecule has 4 rings (SSSR count). The first-order valence-electron chi connectivity index (χ1n) is 10.7. The number of nitrogens with zero attached hydrogens (tertiary/aromatic N) is 2. The normalized spacial score (nSPS) is 22.6. The van der Waals surface area contributed by atoms with Gasteiger partial charge in [-0.1, -0.05) is 36.4 Å². The molecular weight excluding hydrogens is 451 g/mol. The lowest BCUT2D eigenvalue weighted by molar-refractivity contribution is -0.137. The zero-order chi connectivity index (χ0) is 24.3. The number of benzene rings is 2. The van der Waals surface area contributed by atoms with Gasteiger partial charge in [-0.2, -0.15) is 13.2 Å². The number of ether oxygens (including phenoxy) is 1. The van der Waals surface area contributed by atoms with Crippen LogP contribution in [0.4, 0.5) is 13.2 Å². The highest BCUT2D eigenvalue weighted by molar-refractivity contribution is 5.92. The fourth-order valence-electron chi connectivity index (χ4n) is 4.28. The molecule has 1 aliphatic rings. The van der Waals surface area contributed by atoms with Gasteiger partial charge in [-0.15, -0.1) is 0 Å². The summed E-state index contributed by atoms with van der Waals surface area (Å²) in [4.78, 5) is 18.3. The number of carbonyl (C=O) groups is 1. The summed E-state index contributed by atoms with van der Waals surface area (Å²) in [5, 5.41) is 14.0. The number of oxazole rings is 1. The Morgan fingerprint density at radius 3 is 2.68 bits per heavy atom. The number of hydrogen-bond donors (Lipinski definition) is 2. The fraction of sp³-hybridized carbons (Fsp3) is 0.333. The van der Waals surface area contributed by atoms with Gasteiger partial charge in [0.25, 0.3) is 5.91 Å². The van der Waals surface area contributed by atoms with Gasteiger partial charge in [0.05, 0.1) is 17.6 Å². The minimum atomic E-state index is -4.51. The van der Waals surface area contributed by atoms with E-state index in [1.807, 2.05) is 42.3 Å². The van der Waals surface area contributed by atoms with Crippen LogP contribution in [0.25, 0.3) is 0 Å². The number of rotatable bonds is 7. The number of halogens is 3. The predicted octanol–water partition coefficient (Wildman–Crippen LogP) is 3.50. The number of alkyl halides is 3. The van der Waals surface area contributed by atoms with Crippen molar-refractivity contribution < 1.29 is 32.2 Å². The van der Waals surface area contributed by atoms with E-state index in [9.17, 15) is 23.1 Å². The van der Waals surface area contributed by atoms with Crippen molar-refractivity contribution in [1.82, 2.24) is 15.2 Å². The van der Waals surface area contributed by atoms with Gasteiger partial charge in [-0.3, -0.25) is 9.69 Å². The number of aliphatic hydroxyl groups excluding tert-OH is 1. The standard InChI is InChI=1S/C24H24F3N3O4/c1-30(12-15-6-3-2-4-7-15)21-18(29-23(32)19-13-33-14-28-19)11-20(22(21)31)34-17-9-5-8-16(10-17)24(25,26)27/h2-10,13-14,18,20-22,31H,11-12H2,1H3,(H,29,32)/t18-,20-,21+,22+/m1/s1. The van der Waals surface area contributed by atoms with Crippen LogP contribution in [-0.4, -0.2) is 52.2 Å². The highest BCUT2D eigenvalue weighted by Crippen LogP contribution is 2.34. The summed E-state index contributed by atoms with van der Waals surface area (Å²) in [7, 11) is 1.81. The maximum Gasteiger partial charge on any atom is 0.416 e. The summed E-state index contributed by atoms with van der Waals surface area (Å²) in [6.45, 7) is 0.481. The van der Waals surface area contributed by atoms with Crippen molar-refractivity contribution in [3.05, 3.63) is 84.1 Å².